The summed E-state index contributed by atoms with van der Waals surface area (Å²) in [7, 11) is 0. The highest BCUT2D eigenvalue weighted by molar-refractivity contribution is 6.42. The molecule has 0 bridgehead atoms. The van der Waals surface area contributed by atoms with Crippen molar-refractivity contribution in [1.82, 2.24) is 5.32 Å². The van der Waals surface area contributed by atoms with E-state index in [1.165, 1.54) is 0 Å². The van der Waals surface area contributed by atoms with Gasteiger partial charge in [0, 0.05) is 17.8 Å². The van der Waals surface area contributed by atoms with E-state index in [2.05, 4.69) is 5.32 Å². The lowest BCUT2D eigenvalue weighted by molar-refractivity contribution is 0.0951. The van der Waals surface area contributed by atoms with Gasteiger partial charge in [0.1, 0.15) is 0 Å². The number of amides is 1. The van der Waals surface area contributed by atoms with Crippen LogP contribution in [0.4, 0.5) is 5.69 Å². The Labute approximate surface area is 121 Å². The van der Waals surface area contributed by atoms with E-state index in [0.717, 1.165) is 5.56 Å². The van der Waals surface area contributed by atoms with E-state index in [9.17, 15) is 4.79 Å². The number of nitrogens with two attached hydrogens (primary N) is 1. The Kier molecular flexibility index (Phi) is 4.30. The highest BCUT2D eigenvalue weighted by atomic mass is 35.5. The van der Waals surface area contributed by atoms with Crippen molar-refractivity contribution in [3.63, 3.8) is 0 Å². The quantitative estimate of drug-likeness (QED) is 0.851. The maximum absolute atomic E-state index is 11.9. The fourth-order valence-electron chi connectivity index (χ4n) is 1.56. The van der Waals surface area contributed by atoms with E-state index in [1.54, 1.807) is 30.3 Å². The van der Waals surface area contributed by atoms with Crippen LogP contribution in [0.5, 0.6) is 0 Å². The van der Waals surface area contributed by atoms with E-state index in [-0.39, 0.29) is 5.91 Å². The molecule has 3 N–H and O–H groups in total. The van der Waals surface area contributed by atoms with E-state index < -0.39 is 0 Å². The van der Waals surface area contributed by atoms with Crippen LogP contribution < -0.4 is 11.1 Å². The van der Waals surface area contributed by atoms with Crippen molar-refractivity contribution in [2.75, 3.05) is 5.73 Å². The molecule has 0 heterocycles. The molecule has 0 saturated heterocycles. The summed E-state index contributed by atoms with van der Waals surface area (Å²) < 4.78 is 0. The Morgan fingerprint density at radius 2 is 1.74 bits per heavy atom. The van der Waals surface area contributed by atoms with Gasteiger partial charge in [-0.05, 0) is 35.9 Å². The monoisotopic (exact) mass is 294 g/mol. The summed E-state index contributed by atoms with van der Waals surface area (Å²) in [5.41, 5.74) is 7.74. The molecule has 2 aromatic carbocycles. The molecule has 19 heavy (non-hydrogen) atoms. The van der Waals surface area contributed by atoms with Crippen LogP contribution in [0.15, 0.2) is 42.5 Å². The van der Waals surface area contributed by atoms with Crippen LogP contribution in [0.1, 0.15) is 15.9 Å². The minimum atomic E-state index is -0.199. The molecule has 0 aliphatic carbocycles. The third-order valence-electron chi connectivity index (χ3n) is 2.61. The Balaban J connectivity index is 2.01. The lowest BCUT2D eigenvalue weighted by Gasteiger charge is -2.06. The molecule has 0 radical (unpaired) electrons. The predicted molar refractivity (Wildman–Crippen MR) is 78.5 cm³/mol. The first kappa shape index (κ1) is 13.7. The molecule has 0 fully saturated rings. The molecule has 2 rings (SSSR count). The van der Waals surface area contributed by atoms with E-state index in [0.29, 0.717) is 27.8 Å². The highest BCUT2D eigenvalue weighted by Crippen LogP contribution is 2.22. The van der Waals surface area contributed by atoms with Gasteiger partial charge >= 0.3 is 0 Å². The molecule has 0 spiro atoms. The number of carbonyl (C=O) groups excluding carboxylic acids is 1. The summed E-state index contributed by atoms with van der Waals surface area (Å²) in [4.78, 5) is 11.9. The molecule has 0 aromatic heterocycles. The topological polar surface area (TPSA) is 55.1 Å². The van der Waals surface area contributed by atoms with Gasteiger partial charge in [-0.2, -0.15) is 0 Å². The van der Waals surface area contributed by atoms with Gasteiger partial charge in [-0.1, -0.05) is 35.3 Å². The van der Waals surface area contributed by atoms with Crippen molar-refractivity contribution in [2.45, 2.75) is 6.54 Å². The van der Waals surface area contributed by atoms with Gasteiger partial charge in [0.2, 0.25) is 0 Å². The zero-order valence-corrected chi connectivity index (χ0v) is 11.5. The number of benzene rings is 2. The molecule has 5 heteroatoms. The molecule has 0 unspecified atom stereocenters. The van der Waals surface area contributed by atoms with Gasteiger partial charge in [0.05, 0.1) is 10.0 Å². The minimum Gasteiger partial charge on any atom is -0.399 e. The molecule has 2 aromatic rings. The first-order chi connectivity index (χ1) is 9.06. The molecular weight excluding hydrogens is 283 g/mol. The average molecular weight is 295 g/mol. The van der Waals surface area contributed by atoms with Crippen molar-refractivity contribution < 1.29 is 4.79 Å². The molecule has 98 valence electrons. The van der Waals surface area contributed by atoms with Crippen molar-refractivity contribution >= 4 is 34.8 Å². The molecule has 0 saturated carbocycles. The van der Waals surface area contributed by atoms with Crippen LogP contribution in [0, 0.1) is 0 Å². The highest BCUT2D eigenvalue weighted by Gasteiger charge is 2.07. The van der Waals surface area contributed by atoms with Gasteiger partial charge in [-0.15, -0.1) is 0 Å². The van der Waals surface area contributed by atoms with Crippen LogP contribution in [0.25, 0.3) is 0 Å². The number of carbonyl (C=O) groups is 1. The maximum atomic E-state index is 11.9. The molecule has 0 atom stereocenters. The number of hydrogen-bond donors (Lipinski definition) is 2. The smallest absolute Gasteiger partial charge is 0.251 e. The summed E-state index contributed by atoms with van der Waals surface area (Å²) in [6.45, 7) is 0.430. The second kappa shape index (κ2) is 5.95. The van der Waals surface area contributed by atoms with Crippen LogP contribution in [-0.2, 0) is 6.54 Å². The molecule has 3 nitrogen and oxygen atoms in total. The van der Waals surface area contributed by atoms with Gasteiger partial charge in [0.25, 0.3) is 5.91 Å². The number of anilines is 1. The summed E-state index contributed by atoms with van der Waals surface area (Å²) in [6, 6.07) is 12.1. The molecule has 0 aliphatic heterocycles. The van der Waals surface area contributed by atoms with Crippen LogP contribution >= 0.6 is 23.2 Å². The first-order valence-corrected chi connectivity index (χ1v) is 6.39. The SMILES string of the molecule is Nc1ccc(CNC(=O)c2ccc(Cl)c(Cl)c2)cc1. The number of nitrogen functional groups attached to an aromatic ring is 1. The van der Waals surface area contributed by atoms with Gasteiger partial charge in [-0.3, -0.25) is 4.79 Å². The Bertz CT molecular complexity index is 597. The van der Waals surface area contributed by atoms with Crippen molar-refractivity contribution in [3.8, 4) is 0 Å². The fraction of sp³-hybridized carbons (Fsp3) is 0.0714. The zero-order valence-electron chi connectivity index (χ0n) is 9.99. The maximum Gasteiger partial charge on any atom is 0.251 e. The average Bonchev–Trinajstić information content (AvgIpc) is 2.41. The van der Waals surface area contributed by atoms with Crippen molar-refractivity contribution in [2.24, 2.45) is 0 Å². The van der Waals surface area contributed by atoms with E-state index in [1.807, 2.05) is 12.1 Å². The zero-order chi connectivity index (χ0) is 13.8. The third-order valence-corrected chi connectivity index (χ3v) is 3.35. The summed E-state index contributed by atoms with van der Waals surface area (Å²) in [5.74, 6) is -0.199. The summed E-state index contributed by atoms with van der Waals surface area (Å²) in [5, 5.41) is 3.59. The standard InChI is InChI=1S/C14H12Cl2N2O/c15-12-6-3-10(7-13(12)16)14(19)18-8-9-1-4-11(17)5-2-9/h1-7H,8,17H2,(H,18,19). The lowest BCUT2D eigenvalue weighted by Crippen LogP contribution is -2.22. The Hall–Kier alpha value is -1.71. The normalized spacial score (nSPS) is 10.2. The Morgan fingerprint density at radius 3 is 2.37 bits per heavy atom. The van der Waals surface area contributed by atoms with E-state index in [4.69, 9.17) is 28.9 Å². The van der Waals surface area contributed by atoms with E-state index >= 15 is 0 Å². The molecular formula is C14H12Cl2N2O. The number of rotatable bonds is 3. The first-order valence-electron chi connectivity index (χ1n) is 5.64. The molecule has 1 amide bonds. The van der Waals surface area contributed by atoms with Gasteiger partial charge < -0.3 is 11.1 Å². The number of nitrogens with one attached hydrogen (secondary N) is 1. The molecule has 0 aliphatic rings. The van der Waals surface area contributed by atoms with Gasteiger partial charge in [-0.25, -0.2) is 0 Å². The van der Waals surface area contributed by atoms with Crippen LogP contribution in [-0.4, -0.2) is 5.91 Å². The van der Waals surface area contributed by atoms with Crippen molar-refractivity contribution in [1.29, 1.82) is 0 Å². The second-order valence-corrected chi connectivity index (χ2v) is 4.87. The second-order valence-electron chi connectivity index (χ2n) is 4.05. The van der Waals surface area contributed by atoms with Crippen LogP contribution in [0.3, 0.4) is 0 Å². The number of hydrogen-bond acceptors (Lipinski definition) is 2. The summed E-state index contributed by atoms with van der Waals surface area (Å²) in [6.07, 6.45) is 0. The third kappa shape index (κ3) is 3.63. The lowest BCUT2D eigenvalue weighted by atomic mass is 10.2. The Morgan fingerprint density at radius 1 is 1.05 bits per heavy atom. The predicted octanol–water partition coefficient (Wildman–Crippen LogP) is 3.51. The number of halogens is 2. The van der Waals surface area contributed by atoms with Gasteiger partial charge in [0.15, 0.2) is 0 Å². The summed E-state index contributed by atoms with van der Waals surface area (Å²) >= 11 is 11.7. The minimum absolute atomic E-state index is 0.199. The van der Waals surface area contributed by atoms with Crippen LogP contribution in [0.2, 0.25) is 10.0 Å². The van der Waals surface area contributed by atoms with Crippen molar-refractivity contribution in [3.05, 3.63) is 63.6 Å². The fourth-order valence-corrected chi connectivity index (χ4v) is 1.86. The largest absolute Gasteiger partial charge is 0.399 e.